The van der Waals surface area contributed by atoms with Gasteiger partial charge in [-0.2, -0.15) is 0 Å². The van der Waals surface area contributed by atoms with Gasteiger partial charge in [-0.25, -0.2) is 0 Å². The number of rotatable bonds is 11. The summed E-state index contributed by atoms with van der Waals surface area (Å²) in [5, 5.41) is 9.18. The van der Waals surface area contributed by atoms with Gasteiger partial charge in [0.15, 0.2) is 11.5 Å². The lowest BCUT2D eigenvalue weighted by atomic mass is 9.88. The number of para-hydroxylation sites is 1. The van der Waals surface area contributed by atoms with E-state index in [1.54, 1.807) is 13.3 Å². The number of ketones is 1. The van der Waals surface area contributed by atoms with Crippen molar-refractivity contribution in [3.05, 3.63) is 83.2 Å². The maximum atomic E-state index is 13.3. The molecule has 7 heteroatoms. The number of aliphatic hydroxyl groups excluding tert-OH is 1. The molecule has 3 aromatic rings. The summed E-state index contributed by atoms with van der Waals surface area (Å²) in [6.45, 7) is 0.677. The molecule has 35 heavy (non-hydrogen) atoms. The van der Waals surface area contributed by atoms with Gasteiger partial charge in [0, 0.05) is 36.0 Å². The Hall–Kier alpha value is -3.42. The average molecular weight is 476 g/mol. The number of hydrogen-bond acceptors (Lipinski definition) is 7. The van der Waals surface area contributed by atoms with E-state index in [0.29, 0.717) is 18.8 Å². The van der Waals surface area contributed by atoms with Gasteiger partial charge in [0.05, 0.1) is 19.1 Å². The summed E-state index contributed by atoms with van der Waals surface area (Å²) in [7, 11) is 1.63. The third-order valence-corrected chi connectivity index (χ3v) is 6.71. The second kappa shape index (κ2) is 10.1. The molecular formula is C28H29NO6. The summed E-state index contributed by atoms with van der Waals surface area (Å²) in [6, 6.07) is 17.3. The van der Waals surface area contributed by atoms with Crippen molar-refractivity contribution in [2.45, 2.75) is 37.2 Å². The molecule has 2 heterocycles. The third kappa shape index (κ3) is 4.74. The molecule has 1 N–H and O–H groups in total. The van der Waals surface area contributed by atoms with E-state index < -0.39 is 11.5 Å². The van der Waals surface area contributed by atoms with Crippen molar-refractivity contribution >= 4 is 5.78 Å². The SMILES string of the molecule is COc1ccccc1C(OCCCO)c1ccc(CC(=O)C2(c3ccc4c(c3)OCO4)CC2)nc1. The number of pyridine rings is 1. The lowest BCUT2D eigenvalue weighted by molar-refractivity contribution is -0.120. The van der Waals surface area contributed by atoms with E-state index in [2.05, 4.69) is 4.98 Å². The summed E-state index contributed by atoms with van der Waals surface area (Å²) >= 11 is 0. The Kier molecular flexibility index (Phi) is 6.70. The van der Waals surface area contributed by atoms with Crippen LogP contribution in [0.4, 0.5) is 0 Å². The summed E-state index contributed by atoms with van der Waals surface area (Å²) in [5.74, 6) is 2.31. The number of benzene rings is 2. The van der Waals surface area contributed by atoms with Crippen LogP contribution < -0.4 is 14.2 Å². The van der Waals surface area contributed by atoms with Crippen molar-refractivity contribution in [3.8, 4) is 17.2 Å². The van der Waals surface area contributed by atoms with Gasteiger partial charge >= 0.3 is 0 Å². The molecule has 1 fully saturated rings. The zero-order chi connectivity index (χ0) is 24.3. The molecule has 1 aliphatic heterocycles. The Morgan fingerprint density at radius 3 is 2.69 bits per heavy atom. The number of Topliss-reactive ketones (excluding diaryl/α,β-unsaturated/α-hetero) is 1. The number of carbonyl (C=O) groups is 1. The molecule has 2 aliphatic rings. The highest BCUT2D eigenvalue weighted by Crippen LogP contribution is 2.51. The van der Waals surface area contributed by atoms with Crippen LogP contribution in [0.5, 0.6) is 17.2 Å². The smallest absolute Gasteiger partial charge is 0.231 e. The molecule has 0 saturated heterocycles. The summed E-state index contributed by atoms with van der Waals surface area (Å²) < 4.78 is 22.5. The number of ether oxygens (including phenoxy) is 4. The van der Waals surface area contributed by atoms with Gasteiger partial charge in [-0.15, -0.1) is 0 Å². The summed E-state index contributed by atoms with van der Waals surface area (Å²) in [5.41, 5.74) is 2.99. The molecule has 1 aliphatic carbocycles. The van der Waals surface area contributed by atoms with E-state index in [1.807, 2.05) is 54.6 Å². The molecule has 2 aromatic carbocycles. The van der Waals surface area contributed by atoms with Crippen LogP contribution in [-0.2, 0) is 21.4 Å². The Morgan fingerprint density at radius 2 is 1.94 bits per heavy atom. The van der Waals surface area contributed by atoms with Gasteiger partial charge < -0.3 is 24.1 Å². The minimum Gasteiger partial charge on any atom is -0.496 e. The Bertz CT molecular complexity index is 1190. The number of aliphatic hydroxyl groups is 1. The fourth-order valence-corrected chi connectivity index (χ4v) is 4.59. The molecule has 1 unspecified atom stereocenters. The molecule has 1 aromatic heterocycles. The van der Waals surface area contributed by atoms with Crippen LogP contribution in [0, 0.1) is 0 Å². The van der Waals surface area contributed by atoms with Crippen molar-refractivity contribution in [2.24, 2.45) is 0 Å². The van der Waals surface area contributed by atoms with Crippen LogP contribution >= 0.6 is 0 Å². The minimum absolute atomic E-state index is 0.0586. The first-order chi connectivity index (χ1) is 17.1. The molecule has 0 amide bonds. The van der Waals surface area contributed by atoms with Crippen molar-refractivity contribution in [1.82, 2.24) is 4.98 Å². The molecule has 7 nitrogen and oxygen atoms in total. The molecular weight excluding hydrogens is 446 g/mol. The lowest BCUT2D eigenvalue weighted by Crippen LogP contribution is -2.23. The highest BCUT2D eigenvalue weighted by molar-refractivity contribution is 5.94. The van der Waals surface area contributed by atoms with Crippen molar-refractivity contribution in [3.63, 3.8) is 0 Å². The second-order valence-corrected chi connectivity index (χ2v) is 8.90. The number of methoxy groups -OCH3 is 1. The van der Waals surface area contributed by atoms with Crippen LogP contribution in [0.2, 0.25) is 0 Å². The van der Waals surface area contributed by atoms with Gasteiger partial charge in [0.2, 0.25) is 6.79 Å². The molecule has 5 rings (SSSR count). The third-order valence-electron chi connectivity index (χ3n) is 6.71. The highest BCUT2D eigenvalue weighted by Gasteiger charge is 2.51. The monoisotopic (exact) mass is 475 g/mol. The van der Waals surface area contributed by atoms with E-state index >= 15 is 0 Å². The Labute approximate surface area is 204 Å². The first-order valence-corrected chi connectivity index (χ1v) is 11.9. The van der Waals surface area contributed by atoms with Crippen LogP contribution in [0.25, 0.3) is 0 Å². The zero-order valence-corrected chi connectivity index (χ0v) is 19.7. The van der Waals surface area contributed by atoms with Crippen molar-refractivity contribution in [2.75, 3.05) is 27.1 Å². The van der Waals surface area contributed by atoms with Crippen LogP contribution in [0.15, 0.2) is 60.8 Å². The molecule has 0 spiro atoms. The van der Waals surface area contributed by atoms with E-state index in [9.17, 15) is 9.90 Å². The number of fused-ring (bicyclic) bond motifs is 1. The van der Waals surface area contributed by atoms with Gasteiger partial charge in [0.1, 0.15) is 17.6 Å². The van der Waals surface area contributed by atoms with E-state index in [4.69, 9.17) is 18.9 Å². The fourth-order valence-electron chi connectivity index (χ4n) is 4.59. The number of aromatic nitrogens is 1. The van der Waals surface area contributed by atoms with Gasteiger partial charge in [-0.1, -0.05) is 30.3 Å². The van der Waals surface area contributed by atoms with Gasteiger partial charge in [0.25, 0.3) is 0 Å². The normalized spacial score (nSPS) is 16.1. The number of nitrogens with zero attached hydrogens (tertiary/aromatic N) is 1. The fraction of sp³-hybridized carbons (Fsp3) is 0.357. The average Bonchev–Trinajstić information content (AvgIpc) is 3.58. The largest absolute Gasteiger partial charge is 0.496 e. The molecule has 1 saturated carbocycles. The maximum absolute atomic E-state index is 13.3. The van der Waals surface area contributed by atoms with E-state index in [0.717, 1.165) is 46.7 Å². The first kappa shape index (κ1) is 23.3. The van der Waals surface area contributed by atoms with Crippen LogP contribution in [0.1, 0.15) is 47.8 Å². The number of carbonyl (C=O) groups excluding carboxylic acids is 1. The predicted molar refractivity (Wildman–Crippen MR) is 129 cm³/mol. The first-order valence-electron chi connectivity index (χ1n) is 11.9. The Balaban J connectivity index is 1.33. The topological polar surface area (TPSA) is 87.1 Å². The van der Waals surface area contributed by atoms with Crippen molar-refractivity contribution < 1.29 is 28.8 Å². The Morgan fingerprint density at radius 1 is 1.11 bits per heavy atom. The van der Waals surface area contributed by atoms with Gasteiger partial charge in [-0.05, 0) is 49.1 Å². The summed E-state index contributed by atoms with van der Waals surface area (Å²) in [6.07, 6.45) is 3.83. The lowest BCUT2D eigenvalue weighted by Gasteiger charge is -2.21. The molecule has 182 valence electrons. The number of hydrogen-bond donors (Lipinski definition) is 1. The minimum atomic E-state index is -0.464. The summed E-state index contributed by atoms with van der Waals surface area (Å²) in [4.78, 5) is 17.9. The predicted octanol–water partition coefficient (Wildman–Crippen LogP) is 4.15. The highest BCUT2D eigenvalue weighted by atomic mass is 16.7. The van der Waals surface area contributed by atoms with E-state index in [-0.39, 0.29) is 25.6 Å². The quantitative estimate of drug-likeness (QED) is 0.417. The van der Waals surface area contributed by atoms with E-state index in [1.165, 1.54) is 0 Å². The maximum Gasteiger partial charge on any atom is 0.231 e. The molecule has 0 radical (unpaired) electrons. The van der Waals surface area contributed by atoms with Crippen molar-refractivity contribution in [1.29, 1.82) is 0 Å². The van der Waals surface area contributed by atoms with Crippen LogP contribution in [-0.4, -0.2) is 43.0 Å². The standard InChI is InChI=1S/C28H29NO6/c1-32-23-6-3-2-5-22(23)27(33-14-4-13-30)19-7-9-21(29-17-19)16-26(31)28(11-12-28)20-8-10-24-25(15-20)35-18-34-24/h2-3,5-10,15,17,27,30H,4,11-14,16,18H2,1H3. The van der Waals surface area contributed by atoms with Gasteiger partial charge in [-0.3, -0.25) is 9.78 Å². The molecule has 1 atom stereocenters. The second-order valence-electron chi connectivity index (χ2n) is 8.90. The zero-order valence-electron chi connectivity index (χ0n) is 19.7. The molecule has 0 bridgehead atoms. The van der Waals surface area contributed by atoms with Crippen LogP contribution in [0.3, 0.4) is 0 Å².